The number of hydrogen-bond donors (Lipinski definition) is 0. The van der Waals surface area contributed by atoms with Crippen LogP contribution in [0.15, 0.2) is 71.3 Å². The van der Waals surface area contributed by atoms with Crippen molar-refractivity contribution in [1.82, 2.24) is 4.57 Å². The second-order valence-electron chi connectivity index (χ2n) is 4.93. The SMILES string of the molecule is N#CC(=Cc1cccn1-c1cccc(Br)c1)c1ccccc1Cl. The lowest BCUT2D eigenvalue weighted by Crippen LogP contribution is -1.95. The van der Waals surface area contributed by atoms with E-state index in [2.05, 4.69) is 22.0 Å². The van der Waals surface area contributed by atoms with Gasteiger partial charge in [0, 0.05) is 32.6 Å². The molecule has 2 aromatic carbocycles. The van der Waals surface area contributed by atoms with Crippen LogP contribution in [-0.2, 0) is 0 Å². The molecule has 0 spiro atoms. The topological polar surface area (TPSA) is 28.7 Å². The third-order valence-electron chi connectivity index (χ3n) is 3.44. The number of hydrogen-bond acceptors (Lipinski definition) is 1. The zero-order chi connectivity index (χ0) is 16.2. The number of halogens is 2. The molecule has 2 nitrogen and oxygen atoms in total. The summed E-state index contributed by atoms with van der Waals surface area (Å²) in [5.74, 6) is 0. The maximum atomic E-state index is 9.51. The van der Waals surface area contributed by atoms with Gasteiger partial charge in [-0.15, -0.1) is 0 Å². The predicted molar refractivity (Wildman–Crippen MR) is 98.4 cm³/mol. The molecule has 112 valence electrons. The minimum absolute atomic E-state index is 0.533. The molecule has 0 aliphatic rings. The Kier molecular flexibility index (Phi) is 4.66. The van der Waals surface area contributed by atoms with Gasteiger partial charge >= 0.3 is 0 Å². The average Bonchev–Trinajstić information content (AvgIpc) is 3.01. The molecule has 0 atom stereocenters. The van der Waals surface area contributed by atoms with Crippen LogP contribution in [-0.4, -0.2) is 4.57 Å². The Bertz CT molecular complexity index is 919. The van der Waals surface area contributed by atoms with Crippen LogP contribution >= 0.6 is 27.5 Å². The molecule has 1 heterocycles. The Morgan fingerprint density at radius 2 is 1.91 bits per heavy atom. The summed E-state index contributed by atoms with van der Waals surface area (Å²) >= 11 is 9.70. The van der Waals surface area contributed by atoms with E-state index in [1.165, 1.54) is 0 Å². The van der Waals surface area contributed by atoms with E-state index in [1.807, 2.05) is 71.4 Å². The van der Waals surface area contributed by atoms with Crippen molar-refractivity contribution in [2.45, 2.75) is 0 Å². The standard InChI is InChI=1S/C19H12BrClN2/c20-15-5-3-6-17(12-15)23-10-4-7-16(23)11-14(13-22)18-8-1-2-9-19(18)21/h1-12H. The molecule has 0 aliphatic carbocycles. The van der Waals surface area contributed by atoms with Crippen molar-refractivity contribution in [3.8, 4) is 11.8 Å². The highest BCUT2D eigenvalue weighted by molar-refractivity contribution is 9.10. The maximum Gasteiger partial charge on any atom is 0.0999 e. The van der Waals surface area contributed by atoms with Gasteiger partial charge in [0.15, 0.2) is 0 Å². The van der Waals surface area contributed by atoms with Crippen LogP contribution in [0.25, 0.3) is 17.3 Å². The summed E-state index contributed by atoms with van der Waals surface area (Å²) in [5, 5.41) is 10.1. The lowest BCUT2D eigenvalue weighted by Gasteiger charge is -2.08. The van der Waals surface area contributed by atoms with E-state index in [1.54, 1.807) is 6.07 Å². The molecule has 3 rings (SSSR count). The Morgan fingerprint density at radius 1 is 1.09 bits per heavy atom. The molecule has 0 radical (unpaired) electrons. The minimum Gasteiger partial charge on any atom is -0.317 e. The first-order valence-corrected chi connectivity index (χ1v) is 8.16. The van der Waals surface area contributed by atoms with Crippen LogP contribution in [0.1, 0.15) is 11.3 Å². The molecule has 0 fully saturated rings. The van der Waals surface area contributed by atoms with Gasteiger partial charge in [-0.05, 0) is 42.5 Å². The molecule has 4 heteroatoms. The molecule has 0 aliphatic heterocycles. The summed E-state index contributed by atoms with van der Waals surface area (Å²) < 4.78 is 3.03. The van der Waals surface area contributed by atoms with Crippen LogP contribution in [0.5, 0.6) is 0 Å². The van der Waals surface area contributed by atoms with Crippen molar-refractivity contribution >= 4 is 39.2 Å². The highest BCUT2D eigenvalue weighted by Crippen LogP contribution is 2.26. The first-order chi connectivity index (χ1) is 11.2. The maximum absolute atomic E-state index is 9.51. The van der Waals surface area contributed by atoms with Gasteiger partial charge in [-0.1, -0.05) is 51.8 Å². The summed E-state index contributed by atoms with van der Waals surface area (Å²) in [7, 11) is 0. The summed E-state index contributed by atoms with van der Waals surface area (Å²) in [5.41, 5.74) is 3.20. The fraction of sp³-hybridized carbons (Fsp3) is 0. The van der Waals surface area contributed by atoms with E-state index in [0.29, 0.717) is 10.6 Å². The molecule has 0 unspecified atom stereocenters. The predicted octanol–water partition coefficient (Wildman–Crippen LogP) is 5.96. The number of allylic oxidation sites excluding steroid dienone is 1. The fourth-order valence-corrected chi connectivity index (χ4v) is 3.00. The monoisotopic (exact) mass is 382 g/mol. The summed E-state index contributed by atoms with van der Waals surface area (Å²) in [6.45, 7) is 0. The van der Waals surface area contributed by atoms with Crippen molar-refractivity contribution in [2.75, 3.05) is 0 Å². The Labute approximate surface area is 148 Å². The molecule has 3 aromatic rings. The van der Waals surface area contributed by atoms with Crippen LogP contribution in [0.3, 0.4) is 0 Å². The van der Waals surface area contributed by atoms with Gasteiger partial charge in [-0.25, -0.2) is 0 Å². The number of nitrogens with zero attached hydrogens (tertiary/aromatic N) is 2. The average molecular weight is 384 g/mol. The van der Waals surface area contributed by atoms with Gasteiger partial charge in [-0.2, -0.15) is 5.26 Å². The number of rotatable bonds is 3. The van der Waals surface area contributed by atoms with E-state index in [-0.39, 0.29) is 0 Å². The largest absolute Gasteiger partial charge is 0.317 e. The Balaban J connectivity index is 2.08. The van der Waals surface area contributed by atoms with Gasteiger partial charge in [0.2, 0.25) is 0 Å². The Hall–Kier alpha value is -2.28. The number of aromatic nitrogens is 1. The molecular formula is C19H12BrClN2. The quantitative estimate of drug-likeness (QED) is 0.513. The number of nitriles is 1. The van der Waals surface area contributed by atoms with Crippen molar-refractivity contribution in [1.29, 1.82) is 5.26 Å². The summed E-state index contributed by atoms with van der Waals surface area (Å²) in [6, 6.07) is 21.5. The van der Waals surface area contributed by atoms with Gasteiger partial charge in [0.05, 0.1) is 11.6 Å². The highest BCUT2D eigenvalue weighted by Gasteiger charge is 2.08. The summed E-state index contributed by atoms with van der Waals surface area (Å²) in [6.07, 6.45) is 3.82. The molecule has 1 aromatic heterocycles. The second kappa shape index (κ2) is 6.87. The minimum atomic E-state index is 0.533. The molecule has 0 saturated carbocycles. The van der Waals surface area contributed by atoms with Crippen LogP contribution < -0.4 is 0 Å². The lowest BCUT2D eigenvalue weighted by molar-refractivity contribution is 1.06. The molecular weight excluding hydrogens is 372 g/mol. The van der Waals surface area contributed by atoms with Crippen molar-refractivity contribution in [2.24, 2.45) is 0 Å². The fourth-order valence-electron chi connectivity index (χ4n) is 2.37. The third-order valence-corrected chi connectivity index (χ3v) is 4.27. The van der Waals surface area contributed by atoms with Crippen molar-refractivity contribution in [3.05, 3.63) is 87.6 Å². The highest BCUT2D eigenvalue weighted by atomic mass is 79.9. The number of benzene rings is 2. The second-order valence-corrected chi connectivity index (χ2v) is 6.26. The van der Waals surface area contributed by atoms with Gasteiger partial charge in [0.1, 0.15) is 0 Å². The normalized spacial score (nSPS) is 11.3. The van der Waals surface area contributed by atoms with Crippen LogP contribution in [0.4, 0.5) is 0 Å². The first kappa shape index (κ1) is 15.6. The van der Waals surface area contributed by atoms with E-state index in [9.17, 15) is 5.26 Å². The zero-order valence-electron chi connectivity index (χ0n) is 12.1. The van der Waals surface area contributed by atoms with E-state index in [4.69, 9.17) is 11.6 Å². The smallest absolute Gasteiger partial charge is 0.0999 e. The Morgan fingerprint density at radius 3 is 2.65 bits per heavy atom. The van der Waals surface area contributed by atoms with Gasteiger partial charge in [-0.3, -0.25) is 0 Å². The van der Waals surface area contributed by atoms with Gasteiger partial charge < -0.3 is 4.57 Å². The van der Waals surface area contributed by atoms with E-state index in [0.717, 1.165) is 21.4 Å². The molecule has 0 N–H and O–H groups in total. The van der Waals surface area contributed by atoms with Crippen molar-refractivity contribution < 1.29 is 0 Å². The van der Waals surface area contributed by atoms with Crippen LogP contribution in [0, 0.1) is 11.3 Å². The van der Waals surface area contributed by atoms with Gasteiger partial charge in [0.25, 0.3) is 0 Å². The first-order valence-electron chi connectivity index (χ1n) is 6.99. The third kappa shape index (κ3) is 3.39. The van der Waals surface area contributed by atoms with E-state index < -0.39 is 0 Å². The molecule has 23 heavy (non-hydrogen) atoms. The van der Waals surface area contributed by atoms with E-state index >= 15 is 0 Å². The lowest BCUT2D eigenvalue weighted by atomic mass is 10.1. The van der Waals surface area contributed by atoms with Crippen molar-refractivity contribution in [3.63, 3.8) is 0 Å². The molecule has 0 saturated heterocycles. The zero-order valence-corrected chi connectivity index (χ0v) is 14.4. The van der Waals surface area contributed by atoms with Crippen LogP contribution in [0.2, 0.25) is 5.02 Å². The molecule has 0 amide bonds. The molecule has 0 bridgehead atoms. The summed E-state index contributed by atoms with van der Waals surface area (Å²) in [4.78, 5) is 0.